The third kappa shape index (κ3) is 10.9. The number of pyridine rings is 1. The van der Waals surface area contributed by atoms with Crippen molar-refractivity contribution in [3.8, 4) is 0 Å². The van der Waals surface area contributed by atoms with Gasteiger partial charge in [-0.15, -0.1) is 0 Å². The minimum absolute atomic E-state index is 0.00346. The Balaban J connectivity index is 1.68. The van der Waals surface area contributed by atoms with Crippen molar-refractivity contribution in [2.75, 3.05) is 79.6 Å². The molecule has 0 bridgehead atoms. The summed E-state index contributed by atoms with van der Waals surface area (Å²) in [6.45, 7) is 12.0. The number of aromatic nitrogens is 1. The molecule has 1 aromatic heterocycles. The van der Waals surface area contributed by atoms with E-state index in [1.807, 2.05) is 41.2 Å². The fraction of sp³-hybridized carbons (Fsp3) is 0.457. The maximum atomic E-state index is 12.7. The number of sulfone groups is 1. The van der Waals surface area contributed by atoms with E-state index in [2.05, 4.69) is 104 Å². The van der Waals surface area contributed by atoms with Gasteiger partial charge in [-0.1, -0.05) is 19.9 Å². The van der Waals surface area contributed by atoms with Crippen LogP contribution in [-0.2, 0) is 42.1 Å². The first-order chi connectivity index (χ1) is 27.6. The molecule has 60 heavy (non-hydrogen) atoms. The van der Waals surface area contributed by atoms with Crippen LogP contribution in [0.3, 0.4) is 0 Å². The van der Waals surface area contributed by atoms with Crippen molar-refractivity contribution in [1.82, 2.24) is 0 Å². The van der Waals surface area contributed by atoms with Crippen molar-refractivity contribution < 1.29 is 49.4 Å². The summed E-state index contributed by atoms with van der Waals surface area (Å²) in [6, 6.07) is 14.2. The number of allylic oxidation sites excluding steroid dienone is 6. The molecule has 0 atom stereocenters. The molecule has 324 valence electrons. The summed E-state index contributed by atoms with van der Waals surface area (Å²) in [6.07, 6.45) is 15.2. The first kappa shape index (κ1) is 46.6. The molecule has 3 heterocycles. The second kappa shape index (κ2) is 17.1. The first-order valence-corrected chi connectivity index (χ1v) is 23.7. The molecule has 0 saturated carbocycles. The normalized spacial score (nSPS) is 17.5. The van der Waals surface area contributed by atoms with Crippen LogP contribution in [0.4, 0.5) is 11.4 Å². The van der Waals surface area contributed by atoms with Gasteiger partial charge in [0.25, 0.3) is 10.1 Å². The number of hydrogen-bond acceptors (Lipinski definition) is 6. The fourth-order valence-electron chi connectivity index (χ4n) is 8.20. The Bertz CT molecular complexity index is 2490. The monoisotopic (exact) mass is 863 g/mol. The Labute approximate surface area is 357 Å². The van der Waals surface area contributed by atoms with Gasteiger partial charge in [-0.3, -0.25) is 9.35 Å². The predicted molar refractivity (Wildman–Crippen MR) is 238 cm³/mol. The molecule has 0 aliphatic carbocycles. The zero-order valence-electron chi connectivity index (χ0n) is 37.2. The standard InChI is InChI=1S/C46H63N5O7S2/c1-45(2)38-32-36(59(11,54)55)16-18-40(38)48(25-12-30-50(5,6)7)42(45)20-14-34(35-22-27-47(28-23-35)29-24-44(52)53)15-21-43-46(3,4)39-33-37(60(56,57)58)17-19-41(39)49(43)26-13-31-51(8,9)10/h14-23,27-28,32-33H,12-13,24-26,29-31H2,1-11H3/q+2/p+2. The van der Waals surface area contributed by atoms with Gasteiger partial charge in [0.15, 0.2) is 41.0 Å². The zero-order valence-corrected chi connectivity index (χ0v) is 38.9. The van der Waals surface area contributed by atoms with Gasteiger partial charge in [0.2, 0.25) is 5.69 Å². The van der Waals surface area contributed by atoms with Crippen molar-refractivity contribution in [3.05, 3.63) is 108 Å². The summed E-state index contributed by atoms with van der Waals surface area (Å²) >= 11 is 0. The molecule has 12 nitrogen and oxygen atoms in total. The van der Waals surface area contributed by atoms with Gasteiger partial charge in [0.1, 0.15) is 6.42 Å². The topological polar surface area (TPSA) is 136 Å². The highest BCUT2D eigenvalue weighted by atomic mass is 32.2. The van der Waals surface area contributed by atoms with Crippen molar-refractivity contribution >= 4 is 48.6 Å². The Morgan fingerprint density at radius 1 is 0.800 bits per heavy atom. The molecule has 0 amide bonds. The number of aliphatic carboxylic acids is 1. The number of quaternary nitrogens is 2. The maximum absolute atomic E-state index is 12.7. The van der Waals surface area contributed by atoms with Crippen LogP contribution in [0.1, 0.15) is 63.6 Å². The largest absolute Gasteiger partial charge is 0.481 e. The van der Waals surface area contributed by atoms with E-state index < -0.39 is 36.8 Å². The third-order valence-electron chi connectivity index (χ3n) is 11.5. The number of aryl methyl sites for hydroxylation is 1. The van der Waals surface area contributed by atoms with Crippen LogP contribution in [0.15, 0.2) is 101 Å². The summed E-state index contributed by atoms with van der Waals surface area (Å²) < 4.78 is 65.8. The number of fused-ring (bicyclic) bond motifs is 2. The minimum atomic E-state index is -4.43. The quantitative estimate of drug-likeness (QED) is 0.0732. The minimum Gasteiger partial charge on any atom is -0.481 e. The highest BCUT2D eigenvalue weighted by Gasteiger charge is 2.45. The van der Waals surface area contributed by atoms with E-state index in [1.165, 1.54) is 12.3 Å². The average Bonchev–Trinajstić information content (AvgIpc) is 3.46. The lowest BCUT2D eigenvalue weighted by Gasteiger charge is -2.29. The molecule has 0 spiro atoms. The van der Waals surface area contributed by atoms with Gasteiger partial charge in [-0.2, -0.15) is 13.0 Å². The molecule has 2 aliphatic rings. The summed E-state index contributed by atoms with van der Waals surface area (Å²) in [5.74, 6) is -0.872. The number of nitrogens with zero attached hydrogens (tertiary/aromatic N) is 5. The van der Waals surface area contributed by atoms with Crippen LogP contribution < -0.4 is 9.47 Å². The molecular weight excluding hydrogens is 799 g/mol. The Kier molecular flexibility index (Phi) is 13.3. The van der Waals surface area contributed by atoms with Crippen molar-refractivity contribution in [2.45, 2.75) is 74.1 Å². The van der Waals surface area contributed by atoms with Crippen molar-refractivity contribution in [2.24, 2.45) is 0 Å². The lowest BCUT2D eigenvalue weighted by atomic mass is 9.81. The predicted octanol–water partition coefficient (Wildman–Crippen LogP) is 5.99. The Morgan fingerprint density at radius 3 is 1.98 bits per heavy atom. The lowest BCUT2D eigenvalue weighted by Crippen LogP contribution is -2.37. The van der Waals surface area contributed by atoms with Gasteiger partial charge in [-0.25, -0.2) is 13.0 Å². The molecule has 14 heteroatoms. The zero-order chi connectivity index (χ0) is 44.6. The molecule has 2 aliphatic heterocycles. The first-order valence-electron chi connectivity index (χ1n) is 20.4. The molecule has 5 rings (SSSR count). The lowest BCUT2D eigenvalue weighted by molar-refractivity contribution is -0.871. The SMILES string of the molecule is CC1(C)C(=CC=C(C=CC2=[N+](CCC[N+](C)(C)C)c3ccc(S(C)(=O)=O)cc3C2(C)C)c2cc[n+](CCC(=O)O)cc2)N(CCC[N+](C)(C)C)c2ccc(S(=O)(=O)O)cc21. The number of hydrogen-bond donors (Lipinski definition) is 2. The van der Waals surface area contributed by atoms with Crippen molar-refractivity contribution in [1.29, 1.82) is 0 Å². The van der Waals surface area contributed by atoms with E-state index in [0.717, 1.165) is 86.5 Å². The van der Waals surface area contributed by atoms with Gasteiger partial charge < -0.3 is 19.0 Å². The van der Waals surface area contributed by atoms with Gasteiger partial charge in [0, 0.05) is 65.9 Å². The molecule has 0 saturated heterocycles. The van der Waals surface area contributed by atoms with E-state index in [-0.39, 0.29) is 16.2 Å². The highest BCUT2D eigenvalue weighted by molar-refractivity contribution is 7.90. The van der Waals surface area contributed by atoms with Gasteiger partial charge in [-0.05, 0) is 73.0 Å². The highest BCUT2D eigenvalue weighted by Crippen LogP contribution is 2.49. The van der Waals surface area contributed by atoms with Crippen LogP contribution in [0.25, 0.3) is 5.57 Å². The van der Waals surface area contributed by atoms with Gasteiger partial charge >= 0.3 is 5.97 Å². The van der Waals surface area contributed by atoms with Crippen LogP contribution >= 0.6 is 0 Å². The van der Waals surface area contributed by atoms with E-state index in [4.69, 9.17) is 0 Å². The second-order valence-electron chi connectivity index (χ2n) is 19.3. The number of rotatable bonds is 17. The molecule has 0 fully saturated rings. The molecular formula is C46H65N5O7S2+4. The maximum Gasteiger partial charge on any atom is 0.309 e. The van der Waals surface area contributed by atoms with E-state index >= 15 is 0 Å². The second-order valence-corrected chi connectivity index (χ2v) is 22.7. The number of anilines is 1. The van der Waals surface area contributed by atoms with Crippen LogP contribution in [0.2, 0.25) is 0 Å². The average molecular weight is 864 g/mol. The van der Waals surface area contributed by atoms with Gasteiger partial charge in [0.05, 0.1) is 77.0 Å². The van der Waals surface area contributed by atoms with Crippen molar-refractivity contribution in [3.63, 3.8) is 0 Å². The Morgan fingerprint density at radius 2 is 1.40 bits per heavy atom. The summed E-state index contributed by atoms with van der Waals surface area (Å²) in [5.41, 5.74) is 6.25. The Hall–Kier alpha value is -4.47. The summed E-state index contributed by atoms with van der Waals surface area (Å²) in [5, 5.41) is 9.30. The van der Waals surface area contributed by atoms with Crippen LogP contribution in [0, 0.1) is 0 Å². The summed E-state index contributed by atoms with van der Waals surface area (Å²) in [7, 11) is 5.11. The number of carboxylic acids is 1. The molecule has 2 N–H and O–H groups in total. The molecule has 0 unspecified atom stereocenters. The number of carboxylic acid groups (broad SMARTS) is 1. The number of benzene rings is 2. The number of carbonyl (C=O) groups is 1. The molecule has 2 aromatic carbocycles. The third-order valence-corrected chi connectivity index (χ3v) is 13.5. The smallest absolute Gasteiger partial charge is 0.309 e. The molecule has 3 aromatic rings. The van der Waals surface area contributed by atoms with Crippen LogP contribution in [-0.4, -0.2) is 126 Å². The van der Waals surface area contributed by atoms with E-state index in [1.54, 1.807) is 18.2 Å². The fourth-order valence-corrected chi connectivity index (χ4v) is 9.35. The van der Waals surface area contributed by atoms with E-state index in [0.29, 0.717) is 13.1 Å². The molecule has 0 radical (unpaired) electrons. The van der Waals surface area contributed by atoms with E-state index in [9.17, 15) is 31.3 Å². The van der Waals surface area contributed by atoms with Crippen LogP contribution in [0.5, 0.6) is 0 Å². The summed E-state index contributed by atoms with van der Waals surface area (Å²) in [4.78, 5) is 13.7.